The minimum atomic E-state index is -4.95. The van der Waals surface area contributed by atoms with E-state index in [-0.39, 0.29) is 39.2 Å². The number of carbonyl (C=O) groups is 2. The van der Waals surface area contributed by atoms with Crippen LogP contribution in [0.2, 0.25) is 0 Å². The Morgan fingerprint density at radius 3 is 2.24 bits per heavy atom. The quantitative estimate of drug-likeness (QED) is 0.108. The van der Waals surface area contributed by atoms with Gasteiger partial charge in [0.1, 0.15) is 29.3 Å². The summed E-state index contributed by atoms with van der Waals surface area (Å²) >= 11 is 0. The third kappa shape index (κ3) is 8.54. The molecule has 0 fully saturated rings. The molecule has 0 aliphatic carbocycles. The van der Waals surface area contributed by atoms with Gasteiger partial charge in [-0.3, -0.25) is 14.6 Å². The largest absolute Gasteiger partial charge is 0.519 e. The van der Waals surface area contributed by atoms with E-state index in [1.165, 1.54) is 52.2 Å². The number of carbonyl (C=O) groups excluding carboxylic acids is 2. The number of anilines is 1. The van der Waals surface area contributed by atoms with Crippen LogP contribution in [0, 0.1) is 25.5 Å². The van der Waals surface area contributed by atoms with Crippen LogP contribution < -0.4 is 22.0 Å². The van der Waals surface area contributed by atoms with Gasteiger partial charge in [0, 0.05) is 42.0 Å². The molecule has 2 atom stereocenters. The molecule has 0 saturated carbocycles. The van der Waals surface area contributed by atoms with Crippen LogP contribution in [-0.2, 0) is 35.8 Å². The number of amides is 1. The van der Waals surface area contributed by atoms with E-state index in [4.69, 9.17) is 13.6 Å². The van der Waals surface area contributed by atoms with Crippen molar-refractivity contribution in [1.82, 2.24) is 14.9 Å². The maximum atomic E-state index is 15.2. The summed E-state index contributed by atoms with van der Waals surface area (Å²) in [6, 6.07) is 3.00. The lowest BCUT2D eigenvalue weighted by Gasteiger charge is -2.22. The highest BCUT2D eigenvalue weighted by Gasteiger charge is 2.39. The smallest absolute Gasteiger partial charge is 0.456 e. The fourth-order valence-electron chi connectivity index (χ4n) is 5.79. The van der Waals surface area contributed by atoms with Crippen molar-refractivity contribution < 1.29 is 58.3 Å². The molecule has 0 saturated heterocycles. The molecule has 11 nitrogen and oxygen atoms in total. The van der Waals surface area contributed by atoms with Crippen LogP contribution in [0.3, 0.4) is 0 Å². The highest BCUT2D eigenvalue weighted by atomic mass is 19.4. The van der Waals surface area contributed by atoms with Crippen LogP contribution in [0.5, 0.6) is 0 Å². The van der Waals surface area contributed by atoms with Crippen LogP contribution in [0.25, 0.3) is 22.0 Å². The highest BCUT2D eigenvalue weighted by Crippen LogP contribution is 2.38. The molecule has 5 aromatic rings. The Bertz CT molecular complexity index is 2380. The Hall–Kier alpha value is -6.01. The van der Waals surface area contributed by atoms with Crippen molar-refractivity contribution in [2.24, 2.45) is 7.05 Å². The van der Waals surface area contributed by atoms with Gasteiger partial charge < -0.3 is 28.8 Å². The Kier molecular flexibility index (Phi) is 11.2. The molecule has 19 heteroatoms. The van der Waals surface area contributed by atoms with Crippen LogP contribution in [-0.4, -0.2) is 39.7 Å². The summed E-state index contributed by atoms with van der Waals surface area (Å²) in [5.41, 5.74) is -4.96. The van der Waals surface area contributed by atoms with Gasteiger partial charge in [-0.05, 0) is 50.1 Å². The number of esters is 1. The molecular weight excluding hydrogens is 752 g/mol. The maximum Gasteiger partial charge on any atom is 0.519 e. The van der Waals surface area contributed by atoms with Gasteiger partial charge in [-0.25, -0.2) is 18.4 Å². The second kappa shape index (κ2) is 15.4. The first kappa shape index (κ1) is 40.2. The van der Waals surface area contributed by atoms with Crippen molar-refractivity contribution in [3.05, 3.63) is 115 Å². The van der Waals surface area contributed by atoms with Crippen molar-refractivity contribution in [2.75, 3.05) is 5.32 Å². The SMILES string of the molecule is CC[C@@H](Nc1cc(F)c(C(=O)N[C@@H](Cc2ccc(-c3c(C(F)(F)F)cc(C)n(C)c3=O)c3ncccc23)C(=O)OCc2oc(=O)oc2C)c(F)c1)C(F)(F)F. The number of nitrogens with one attached hydrogen (secondary N) is 2. The van der Waals surface area contributed by atoms with Crippen molar-refractivity contribution in [2.45, 2.75) is 64.7 Å². The molecule has 0 aliphatic heterocycles. The number of aromatic nitrogens is 2. The first-order valence-corrected chi connectivity index (χ1v) is 16.2. The van der Waals surface area contributed by atoms with Crippen molar-refractivity contribution in [3.8, 4) is 11.1 Å². The number of halogens is 8. The lowest BCUT2D eigenvalue weighted by molar-refractivity contribution is -0.148. The number of benzene rings is 2. The van der Waals surface area contributed by atoms with Crippen molar-refractivity contribution in [1.29, 1.82) is 0 Å². The molecular formula is C36H30F8N4O7. The molecule has 3 aromatic heterocycles. The molecule has 0 unspecified atom stereocenters. The zero-order valence-corrected chi connectivity index (χ0v) is 29.2. The van der Waals surface area contributed by atoms with E-state index in [1.54, 1.807) is 0 Å². The summed E-state index contributed by atoms with van der Waals surface area (Å²) in [6.45, 7) is 3.13. The van der Waals surface area contributed by atoms with Gasteiger partial charge in [0.25, 0.3) is 11.5 Å². The van der Waals surface area contributed by atoms with Gasteiger partial charge in [0.15, 0.2) is 18.1 Å². The summed E-state index contributed by atoms with van der Waals surface area (Å²) in [4.78, 5) is 55.8. The second-order valence-electron chi connectivity index (χ2n) is 12.3. The molecule has 0 radical (unpaired) electrons. The minimum absolute atomic E-state index is 0.0298. The Labute approximate surface area is 304 Å². The van der Waals surface area contributed by atoms with Crippen molar-refractivity contribution >= 4 is 28.5 Å². The number of alkyl halides is 6. The highest BCUT2D eigenvalue weighted by molar-refractivity contribution is 5.99. The molecule has 0 spiro atoms. The number of rotatable bonds is 11. The Morgan fingerprint density at radius 2 is 1.65 bits per heavy atom. The molecule has 0 bridgehead atoms. The van der Waals surface area contributed by atoms with E-state index in [9.17, 15) is 45.5 Å². The Morgan fingerprint density at radius 1 is 0.982 bits per heavy atom. The van der Waals surface area contributed by atoms with E-state index >= 15 is 8.78 Å². The summed E-state index contributed by atoms with van der Waals surface area (Å²) in [7, 11) is 1.29. The molecule has 5 rings (SSSR count). The number of pyridine rings is 2. The number of aryl methyl sites for hydroxylation is 2. The zero-order valence-electron chi connectivity index (χ0n) is 29.2. The van der Waals surface area contributed by atoms with Crippen LogP contribution in [0.1, 0.15) is 52.0 Å². The molecule has 0 aliphatic rings. The number of hydrogen-bond donors (Lipinski definition) is 2. The zero-order chi connectivity index (χ0) is 40.6. The predicted molar refractivity (Wildman–Crippen MR) is 179 cm³/mol. The van der Waals surface area contributed by atoms with Crippen LogP contribution in [0.4, 0.5) is 40.8 Å². The van der Waals surface area contributed by atoms with Crippen LogP contribution >= 0.6 is 0 Å². The van der Waals surface area contributed by atoms with Gasteiger partial charge in [0.2, 0.25) is 0 Å². The predicted octanol–water partition coefficient (Wildman–Crippen LogP) is 6.90. The van der Waals surface area contributed by atoms with Crippen molar-refractivity contribution in [3.63, 3.8) is 0 Å². The monoisotopic (exact) mass is 782 g/mol. The summed E-state index contributed by atoms with van der Waals surface area (Å²) in [5, 5.41) is 4.22. The van der Waals surface area contributed by atoms with E-state index in [0.29, 0.717) is 12.1 Å². The van der Waals surface area contributed by atoms with Gasteiger partial charge >= 0.3 is 24.1 Å². The standard InChI is InChI=1S/C36H30F8N4O7/c1-5-27(36(42,43)44)46-19-13-23(37)29(24(38)14-19)31(49)47-25(33(51)53-15-26-17(3)54-34(52)55-26)12-18-8-9-21(30-20(18)7-6-10-45-30)28-22(35(39,40)41)11-16(2)48(4)32(28)50/h6-11,13-14,25,27,46H,5,12,15H2,1-4H3,(H,47,49)/t25-,27+/m0/s1. The second-order valence-corrected chi connectivity index (χ2v) is 12.3. The lowest BCUT2D eigenvalue weighted by Crippen LogP contribution is -2.44. The summed E-state index contributed by atoms with van der Waals surface area (Å²) in [6.07, 6.45) is -9.51. The van der Waals surface area contributed by atoms with Crippen LogP contribution in [0.15, 0.2) is 67.1 Å². The van der Waals surface area contributed by atoms with Gasteiger partial charge in [-0.1, -0.05) is 25.1 Å². The lowest BCUT2D eigenvalue weighted by atomic mass is 9.93. The average molecular weight is 783 g/mol. The summed E-state index contributed by atoms with van der Waals surface area (Å²) < 4.78 is 129. The van der Waals surface area contributed by atoms with E-state index in [1.807, 2.05) is 5.32 Å². The number of nitrogens with zero attached hydrogens (tertiary/aromatic N) is 2. The molecule has 1 amide bonds. The molecule has 2 aromatic carbocycles. The number of ether oxygens (including phenoxy) is 1. The molecule has 292 valence electrons. The number of hydrogen-bond acceptors (Lipinski definition) is 9. The fourth-order valence-corrected chi connectivity index (χ4v) is 5.79. The van der Waals surface area contributed by atoms with E-state index in [0.717, 1.165) is 16.7 Å². The topological polar surface area (TPSA) is 146 Å². The van der Waals surface area contributed by atoms with Gasteiger partial charge in [-0.2, -0.15) is 26.3 Å². The maximum absolute atomic E-state index is 15.2. The van der Waals surface area contributed by atoms with Gasteiger partial charge in [0.05, 0.1) is 16.6 Å². The third-order valence-corrected chi connectivity index (χ3v) is 8.71. The first-order valence-electron chi connectivity index (χ1n) is 16.2. The minimum Gasteiger partial charge on any atom is -0.456 e. The van der Waals surface area contributed by atoms with Gasteiger partial charge in [-0.15, -0.1) is 0 Å². The summed E-state index contributed by atoms with van der Waals surface area (Å²) in [5.74, 6) is -7.34. The normalized spacial score (nSPS) is 13.1. The third-order valence-electron chi connectivity index (χ3n) is 8.71. The molecule has 2 N–H and O–H groups in total. The molecule has 3 heterocycles. The number of fused-ring (bicyclic) bond motifs is 1. The first-order chi connectivity index (χ1) is 25.7. The Balaban J connectivity index is 1.55. The van der Waals surface area contributed by atoms with E-state index < -0.39 is 101 Å². The molecule has 55 heavy (non-hydrogen) atoms. The average Bonchev–Trinajstić information content (AvgIpc) is 3.43. The fraction of sp³-hybridized carbons (Fsp3) is 0.306. The van der Waals surface area contributed by atoms with E-state index in [2.05, 4.69) is 10.3 Å².